The predicted octanol–water partition coefficient (Wildman–Crippen LogP) is 0.561. The molecule has 16 heavy (non-hydrogen) atoms. The van der Waals surface area contributed by atoms with Crippen LogP contribution in [0.25, 0.3) is 0 Å². The maximum atomic E-state index is 10.7. The van der Waals surface area contributed by atoms with E-state index in [9.17, 15) is 4.79 Å². The molecule has 1 aromatic rings. The summed E-state index contributed by atoms with van der Waals surface area (Å²) in [7, 11) is 0. The summed E-state index contributed by atoms with van der Waals surface area (Å²) < 4.78 is 0. The Morgan fingerprint density at radius 2 is 1.94 bits per heavy atom. The van der Waals surface area contributed by atoms with Gasteiger partial charge in [-0.3, -0.25) is 4.98 Å². The largest absolute Gasteiger partial charge is 0.478 e. The van der Waals surface area contributed by atoms with Crippen LogP contribution in [0.3, 0.4) is 0 Å². The minimum atomic E-state index is -0.965. The number of hydrogen-bond acceptors (Lipinski definition) is 4. The van der Waals surface area contributed by atoms with Gasteiger partial charge in [0.1, 0.15) is 0 Å². The Labute approximate surface area is 94.5 Å². The van der Waals surface area contributed by atoms with Gasteiger partial charge in [0.15, 0.2) is 0 Å². The Hall–Kier alpha value is -1.46. The van der Waals surface area contributed by atoms with Crippen molar-refractivity contribution in [3.8, 4) is 0 Å². The van der Waals surface area contributed by atoms with Crippen molar-refractivity contribution in [2.75, 3.05) is 13.1 Å². The van der Waals surface area contributed by atoms with Gasteiger partial charge in [-0.25, -0.2) is 4.79 Å². The fraction of sp³-hybridized carbons (Fsp3) is 0.455. The van der Waals surface area contributed by atoms with Crippen LogP contribution in [0.2, 0.25) is 0 Å². The van der Waals surface area contributed by atoms with Gasteiger partial charge in [-0.2, -0.15) is 0 Å². The Kier molecular flexibility index (Phi) is 4.88. The molecule has 0 saturated carbocycles. The van der Waals surface area contributed by atoms with Crippen LogP contribution in [0, 0.1) is 0 Å². The molecule has 0 saturated heterocycles. The number of carbonyl (C=O) groups is 1. The third kappa shape index (κ3) is 3.29. The monoisotopic (exact) mass is 223 g/mol. The number of nitrogens with zero attached hydrogens (tertiary/aromatic N) is 1. The number of aromatic carboxylic acids is 1. The van der Waals surface area contributed by atoms with Crippen LogP contribution in [-0.4, -0.2) is 29.1 Å². The van der Waals surface area contributed by atoms with E-state index in [1.54, 1.807) is 12.1 Å². The van der Waals surface area contributed by atoms with E-state index in [2.05, 4.69) is 4.98 Å². The summed E-state index contributed by atoms with van der Waals surface area (Å²) in [6.45, 7) is 1.15. The highest BCUT2D eigenvalue weighted by molar-refractivity contribution is 5.87. The second-order valence-electron chi connectivity index (χ2n) is 3.63. The minimum absolute atomic E-state index is 0.197. The van der Waals surface area contributed by atoms with Crippen LogP contribution in [0.15, 0.2) is 18.3 Å². The Morgan fingerprint density at radius 1 is 1.31 bits per heavy atom. The van der Waals surface area contributed by atoms with Crippen molar-refractivity contribution >= 4 is 5.97 Å². The zero-order valence-corrected chi connectivity index (χ0v) is 9.10. The molecular formula is C11H17N3O2. The van der Waals surface area contributed by atoms with Crippen LogP contribution < -0.4 is 11.5 Å². The molecule has 0 atom stereocenters. The summed E-state index contributed by atoms with van der Waals surface area (Å²) in [4.78, 5) is 14.8. The van der Waals surface area contributed by atoms with Crippen molar-refractivity contribution in [1.29, 1.82) is 0 Å². The van der Waals surface area contributed by atoms with Gasteiger partial charge in [0, 0.05) is 17.8 Å². The molecule has 0 aliphatic heterocycles. The first-order valence-electron chi connectivity index (χ1n) is 5.28. The van der Waals surface area contributed by atoms with E-state index in [4.69, 9.17) is 16.6 Å². The van der Waals surface area contributed by atoms with E-state index in [0.717, 1.165) is 18.5 Å². The molecule has 5 nitrogen and oxygen atoms in total. The lowest BCUT2D eigenvalue weighted by atomic mass is 9.96. The third-order valence-corrected chi connectivity index (χ3v) is 2.48. The van der Waals surface area contributed by atoms with E-state index < -0.39 is 5.97 Å². The fourth-order valence-corrected chi connectivity index (χ4v) is 1.62. The first-order valence-corrected chi connectivity index (χ1v) is 5.28. The highest BCUT2D eigenvalue weighted by Gasteiger charge is 2.12. The highest BCUT2D eigenvalue weighted by Crippen LogP contribution is 2.20. The van der Waals surface area contributed by atoms with Gasteiger partial charge in [0.25, 0.3) is 0 Å². The van der Waals surface area contributed by atoms with E-state index in [1.165, 1.54) is 6.20 Å². The first-order chi connectivity index (χ1) is 7.69. The van der Waals surface area contributed by atoms with Gasteiger partial charge in [-0.1, -0.05) is 0 Å². The molecule has 5 heteroatoms. The van der Waals surface area contributed by atoms with Crippen molar-refractivity contribution in [2.45, 2.75) is 18.8 Å². The Balaban J connectivity index is 2.80. The minimum Gasteiger partial charge on any atom is -0.478 e. The summed E-state index contributed by atoms with van der Waals surface area (Å²) in [5, 5.41) is 8.74. The highest BCUT2D eigenvalue weighted by atomic mass is 16.4. The van der Waals surface area contributed by atoms with Gasteiger partial charge in [0.05, 0.1) is 5.56 Å². The molecular weight excluding hydrogens is 206 g/mol. The summed E-state index contributed by atoms with van der Waals surface area (Å²) in [6.07, 6.45) is 3.00. The molecule has 0 amide bonds. The number of aromatic nitrogens is 1. The molecule has 0 aromatic carbocycles. The topological polar surface area (TPSA) is 102 Å². The van der Waals surface area contributed by atoms with Gasteiger partial charge in [-0.15, -0.1) is 0 Å². The summed E-state index contributed by atoms with van der Waals surface area (Å²) in [5.74, 6) is -0.744. The molecule has 0 spiro atoms. The summed E-state index contributed by atoms with van der Waals surface area (Å²) >= 11 is 0. The molecule has 0 fully saturated rings. The van der Waals surface area contributed by atoms with Crippen molar-refractivity contribution in [2.24, 2.45) is 11.5 Å². The average molecular weight is 223 g/mol. The lowest BCUT2D eigenvalue weighted by Gasteiger charge is -2.14. The number of carboxylic acid groups (broad SMARTS) is 1. The number of carboxylic acids is 1. The molecule has 0 unspecified atom stereocenters. The van der Waals surface area contributed by atoms with Crippen LogP contribution in [0.5, 0.6) is 0 Å². The van der Waals surface area contributed by atoms with E-state index in [-0.39, 0.29) is 11.5 Å². The zero-order valence-electron chi connectivity index (χ0n) is 9.10. The van der Waals surface area contributed by atoms with E-state index in [0.29, 0.717) is 13.1 Å². The van der Waals surface area contributed by atoms with Crippen LogP contribution in [0.1, 0.15) is 34.8 Å². The number of nitrogens with two attached hydrogens (primary N) is 2. The van der Waals surface area contributed by atoms with Crippen molar-refractivity contribution in [3.05, 3.63) is 29.6 Å². The normalized spacial score (nSPS) is 10.7. The molecule has 0 aliphatic rings. The van der Waals surface area contributed by atoms with Gasteiger partial charge < -0.3 is 16.6 Å². The predicted molar refractivity (Wildman–Crippen MR) is 61.3 cm³/mol. The second-order valence-corrected chi connectivity index (χ2v) is 3.63. The molecule has 1 heterocycles. The fourth-order valence-electron chi connectivity index (χ4n) is 1.62. The van der Waals surface area contributed by atoms with E-state index >= 15 is 0 Å². The van der Waals surface area contributed by atoms with Gasteiger partial charge in [0.2, 0.25) is 0 Å². The lowest BCUT2D eigenvalue weighted by molar-refractivity contribution is 0.0696. The van der Waals surface area contributed by atoms with Crippen LogP contribution in [0.4, 0.5) is 0 Å². The van der Waals surface area contributed by atoms with Gasteiger partial charge >= 0.3 is 5.97 Å². The van der Waals surface area contributed by atoms with E-state index in [1.807, 2.05) is 0 Å². The Bertz CT molecular complexity index is 332. The number of rotatable bonds is 6. The SMILES string of the molecule is NCCC(CCN)c1ccc(C(=O)O)cn1. The van der Waals surface area contributed by atoms with Crippen molar-refractivity contribution < 1.29 is 9.90 Å². The molecule has 5 N–H and O–H groups in total. The standard InChI is InChI=1S/C11H17N3O2/c12-5-3-8(4-6-13)10-2-1-9(7-14-10)11(15)16/h1-2,7-8H,3-6,12-13H2,(H,15,16). The quantitative estimate of drug-likeness (QED) is 0.654. The van der Waals surface area contributed by atoms with Gasteiger partial charge in [-0.05, 0) is 38.1 Å². The molecule has 0 radical (unpaired) electrons. The Morgan fingerprint density at radius 3 is 2.31 bits per heavy atom. The van der Waals surface area contributed by atoms with Crippen LogP contribution >= 0.6 is 0 Å². The summed E-state index contributed by atoms with van der Waals surface area (Å²) in [5.41, 5.74) is 12.1. The molecule has 0 aliphatic carbocycles. The lowest BCUT2D eigenvalue weighted by Crippen LogP contribution is -2.13. The van der Waals surface area contributed by atoms with Crippen molar-refractivity contribution in [1.82, 2.24) is 4.98 Å². The van der Waals surface area contributed by atoms with Crippen LogP contribution in [-0.2, 0) is 0 Å². The maximum Gasteiger partial charge on any atom is 0.337 e. The third-order valence-electron chi connectivity index (χ3n) is 2.48. The number of hydrogen-bond donors (Lipinski definition) is 3. The molecule has 0 bridgehead atoms. The first kappa shape index (κ1) is 12.6. The second kappa shape index (κ2) is 6.19. The number of pyridine rings is 1. The zero-order chi connectivity index (χ0) is 12.0. The average Bonchev–Trinajstić information content (AvgIpc) is 2.29. The van der Waals surface area contributed by atoms with Crippen molar-refractivity contribution in [3.63, 3.8) is 0 Å². The molecule has 88 valence electrons. The molecule has 1 aromatic heterocycles. The molecule has 1 rings (SSSR count). The smallest absolute Gasteiger partial charge is 0.337 e. The summed E-state index contributed by atoms with van der Waals surface area (Å²) in [6, 6.07) is 3.30. The maximum absolute atomic E-state index is 10.7.